The Morgan fingerprint density at radius 2 is 1.57 bits per heavy atom. The van der Waals surface area contributed by atoms with Crippen LogP contribution in [0.5, 0.6) is 5.75 Å². The first-order valence-electron chi connectivity index (χ1n) is 14.8. The summed E-state index contributed by atoms with van der Waals surface area (Å²) in [4.78, 5) is 0. The minimum Gasteiger partial charge on any atom is -0.490 e. The highest BCUT2D eigenvalue weighted by molar-refractivity contribution is 5.71. The van der Waals surface area contributed by atoms with Gasteiger partial charge in [0.25, 0.3) is 0 Å². The zero-order chi connectivity index (χ0) is 28.3. The first kappa shape index (κ1) is 29.9. The van der Waals surface area contributed by atoms with E-state index in [1.54, 1.807) is 36.4 Å². The lowest BCUT2D eigenvalue weighted by atomic mass is 9.91. The van der Waals surface area contributed by atoms with Gasteiger partial charge in [0.15, 0.2) is 11.6 Å². The van der Waals surface area contributed by atoms with Gasteiger partial charge in [-0.2, -0.15) is 4.39 Å². The molecule has 0 aromatic heterocycles. The van der Waals surface area contributed by atoms with Gasteiger partial charge in [0.1, 0.15) is 5.82 Å². The Kier molecular flexibility index (Phi) is 11.3. The van der Waals surface area contributed by atoms with Crippen LogP contribution in [0.4, 0.5) is 13.2 Å². The third-order valence-electron chi connectivity index (χ3n) is 7.77. The fourth-order valence-corrected chi connectivity index (χ4v) is 5.34. The summed E-state index contributed by atoms with van der Waals surface area (Å²) in [5, 5.41) is 0. The molecule has 4 rings (SSSR count). The summed E-state index contributed by atoms with van der Waals surface area (Å²) in [7, 11) is 0. The van der Waals surface area contributed by atoms with E-state index in [1.807, 2.05) is 13.0 Å². The summed E-state index contributed by atoms with van der Waals surface area (Å²) in [6.45, 7) is 5.25. The summed E-state index contributed by atoms with van der Waals surface area (Å²) in [5.74, 6) is -1.76. The standard InChI is InChI=1S/C35H41F3O2/c1-3-5-7-8-10-22-39-33-21-19-30(34(37)35(33)38)27-15-13-26(14-16-27)29-18-17-28(23-31(29)36)32-20-12-25(24-40-32)11-9-6-4-2/h4,6,13-19,21,23,25,32H,3,5,7-12,20,22,24H2,1-2H3. The van der Waals surface area contributed by atoms with E-state index in [4.69, 9.17) is 9.47 Å². The summed E-state index contributed by atoms with van der Waals surface area (Å²) in [6.07, 6.45) is 13.6. The largest absolute Gasteiger partial charge is 0.490 e. The van der Waals surface area contributed by atoms with E-state index in [2.05, 4.69) is 19.1 Å². The quantitative estimate of drug-likeness (QED) is 0.156. The molecule has 2 nitrogen and oxygen atoms in total. The number of halogens is 3. The molecule has 3 aromatic rings. The number of allylic oxidation sites excluding steroid dienone is 2. The van der Waals surface area contributed by atoms with Crippen molar-refractivity contribution in [3.63, 3.8) is 0 Å². The molecule has 0 bridgehead atoms. The molecule has 2 unspecified atom stereocenters. The van der Waals surface area contributed by atoms with Crippen molar-refractivity contribution < 1.29 is 22.6 Å². The topological polar surface area (TPSA) is 18.5 Å². The number of ether oxygens (including phenoxy) is 2. The Balaban J connectivity index is 1.38. The van der Waals surface area contributed by atoms with Gasteiger partial charge in [-0.15, -0.1) is 0 Å². The lowest BCUT2D eigenvalue weighted by Gasteiger charge is -2.29. The van der Waals surface area contributed by atoms with E-state index < -0.39 is 11.6 Å². The Bertz CT molecular complexity index is 1240. The van der Waals surface area contributed by atoms with Gasteiger partial charge in [-0.05, 0) is 79.8 Å². The highest BCUT2D eigenvalue weighted by Crippen LogP contribution is 2.36. The predicted molar refractivity (Wildman–Crippen MR) is 157 cm³/mol. The smallest absolute Gasteiger partial charge is 0.201 e. The van der Waals surface area contributed by atoms with E-state index in [0.717, 1.165) is 56.9 Å². The van der Waals surface area contributed by atoms with Gasteiger partial charge in [0, 0.05) is 11.1 Å². The first-order chi connectivity index (χ1) is 19.5. The van der Waals surface area contributed by atoms with Crippen molar-refractivity contribution >= 4 is 0 Å². The number of hydrogen-bond acceptors (Lipinski definition) is 2. The molecule has 1 fully saturated rings. The molecule has 2 atom stereocenters. The van der Waals surface area contributed by atoms with Crippen LogP contribution in [0, 0.1) is 23.4 Å². The monoisotopic (exact) mass is 550 g/mol. The van der Waals surface area contributed by atoms with Gasteiger partial charge in [0.05, 0.1) is 19.3 Å². The van der Waals surface area contributed by atoms with E-state index in [1.165, 1.54) is 18.6 Å². The van der Waals surface area contributed by atoms with Crippen LogP contribution in [0.1, 0.15) is 83.3 Å². The second kappa shape index (κ2) is 15.1. The summed E-state index contributed by atoms with van der Waals surface area (Å²) in [6, 6.07) is 15.1. The van der Waals surface area contributed by atoms with E-state index in [9.17, 15) is 8.78 Å². The minimum atomic E-state index is -0.981. The Labute approximate surface area is 237 Å². The van der Waals surface area contributed by atoms with Gasteiger partial charge in [-0.25, -0.2) is 8.78 Å². The fourth-order valence-electron chi connectivity index (χ4n) is 5.34. The number of unbranched alkanes of at least 4 members (excludes halogenated alkanes) is 4. The fraction of sp³-hybridized carbons (Fsp3) is 0.429. The van der Waals surface area contributed by atoms with Crippen molar-refractivity contribution in [2.24, 2.45) is 5.92 Å². The predicted octanol–water partition coefficient (Wildman–Crippen LogP) is 10.6. The van der Waals surface area contributed by atoms with Gasteiger partial charge < -0.3 is 9.47 Å². The van der Waals surface area contributed by atoms with Crippen molar-refractivity contribution in [2.75, 3.05) is 13.2 Å². The summed E-state index contributed by atoms with van der Waals surface area (Å²) in [5.41, 5.74) is 2.65. The van der Waals surface area contributed by atoms with Crippen molar-refractivity contribution in [1.29, 1.82) is 0 Å². The number of rotatable bonds is 13. The third kappa shape index (κ3) is 7.78. The van der Waals surface area contributed by atoms with Crippen molar-refractivity contribution in [2.45, 2.75) is 77.7 Å². The molecule has 0 N–H and O–H groups in total. The minimum absolute atomic E-state index is 0.0679. The molecule has 1 heterocycles. The van der Waals surface area contributed by atoms with Gasteiger partial charge >= 0.3 is 0 Å². The highest BCUT2D eigenvalue weighted by atomic mass is 19.2. The van der Waals surface area contributed by atoms with Crippen LogP contribution in [-0.4, -0.2) is 13.2 Å². The molecule has 0 radical (unpaired) electrons. The van der Waals surface area contributed by atoms with Crippen LogP contribution < -0.4 is 4.74 Å². The third-order valence-corrected chi connectivity index (χ3v) is 7.77. The molecule has 0 spiro atoms. The van der Waals surface area contributed by atoms with E-state index in [0.29, 0.717) is 35.8 Å². The number of hydrogen-bond donors (Lipinski definition) is 0. The van der Waals surface area contributed by atoms with Gasteiger partial charge in [0.2, 0.25) is 5.82 Å². The molecular weight excluding hydrogens is 509 g/mol. The van der Waals surface area contributed by atoms with Crippen LogP contribution in [-0.2, 0) is 4.74 Å². The van der Waals surface area contributed by atoms with Crippen molar-refractivity contribution in [3.8, 4) is 28.0 Å². The average Bonchev–Trinajstić information content (AvgIpc) is 2.98. The zero-order valence-electron chi connectivity index (χ0n) is 23.7. The van der Waals surface area contributed by atoms with Crippen LogP contribution >= 0.6 is 0 Å². The Hall–Kier alpha value is -3.05. The lowest BCUT2D eigenvalue weighted by Crippen LogP contribution is -2.20. The molecule has 1 aliphatic heterocycles. The maximum atomic E-state index is 15.2. The van der Waals surface area contributed by atoms with Gasteiger partial charge in [-0.3, -0.25) is 0 Å². The lowest BCUT2D eigenvalue weighted by molar-refractivity contribution is -0.0191. The maximum Gasteiger partial charge on any atom is 0.201 e. The molecule has 214 valence electrons. The molecule has 1 aliphatic rings. The second-order valence-electron chi connectivity index (χ2n) is 10.7. The maximum absolute atomic E-state index is 15.2. The Morgan fingerprint density at radius 3 is 2.25 bits per heavy atom. The number of benzene rings is 3. The highest BCUT2D eigenvalue weighted by Gasteiger charge is 2.23. The average molecular weight is 551 g/mol. The second-order valence-corrected chi connectivity index (χ2v) is 10.7. The molecule has 0 amide bonds. The summed E-state index contributed by atoms with van der Waals surface area (Å²) >= 11 is 0. The van der Waals surface area contributed by atoms with Crippen molar-refractivity contribution in [3.05, 3.63) is 89.8 Å². The molecule has 5 heteroatoms. The van der Waals surface area contributed by atoms with Crippen molar-refractivity contribution in [1.82, 2.24) is 0 Å². The summed E-state index contributed by atoms with van der Waals surface area (Å²) < 4.78 is 56.3. The van der Waals surface area contributed by atoms with Crippen LogP contribution in [0.2, 0.25) is 0 Å². The Morgan fingerprint density at radius 1 is 0.850 bits per heavy atom. The van der Waals surface area contributed by atoms with E-state index >= 15 is 4.39 Å². The first-order valence-corrected chi connectivity index (χ1v) is 14.8. The van der Waals surface area contributed by atoms with E-state index in [-0.39, 0.29) is 23.2 Å². The molecular formula is C35H41F3O2. The molecule has 1 saturated heterocycles. The SMILES string of the molecule is CC=CCCC1CCC(c2ccc(-c3ccc(-c4ccc(OCCCCCCC)c(F)c4F)cc3)c(F)c2)OC1. The van der Waals surface area contributed by atoms with Crippen LogP contribution in [0.25, 0.3) is 22.3 Å². The molecule has 0 saturated carbocycles. The van der Waals surface area contributed by atoms with Crippen LogP contribution in [0.15, 0.2) is 66.7 Å². The zero-order valence-corrected chi connectivity index (χ0v) is 23.7. The molecule has 0 aliphatic carbocycles. The van der Waals surface area contributed by atoms with Crippen LogP contribution in [0.3, 0.4) is 0 Å². The normalized spacial score (nSPS) is 17.4. The van der Waals surface area contributed by atoms with Gasteiger partial charge in [-0.1, -0.05) is 81.2 Å². The molecule has 3 aromatic carbocycles. The molecule has 40 heavy (non-hydrogen) atoms.